The molecule has 3 aliphatic heterocycles. The highest BCUT2D eigenvalue weighted by atomic mass is 32.2. The lowest BCUT2D eigenvalue weighted by Gasteiger charge is -2.33. The Morgan fingerprint density at radius 3 is 2.81 bits per heavy atom. The molecule has 0 aromatic heterocycles. The molecule has 5 atom stereocenters. The van der Waals surface area contributed by atoms with E-state index in [9.17, 15) is 20.0 Å². The van der Waals surface area contributed by atoms with Crippen molar-refractivity contribution in [3.8, 4) is 6.07 Å². The summed E-state index contributed by atoms with van der Waals surface area (Å²) in [5.41, 5.74) is -1.27. The van der Waals surface area contributed by atoms with Crippen LogP contribution in [0, 0.1) is 23.2 Å². The summed E-state index contributed by atoms with van der Waals surface area (Å²) in [4.78, 5) is 28.6. The van der Waals surface area contributed by atoms with Crippen molar-refractivity contribution < 1.29 is 23.6 Å². The Labute approximate surface area is 186 Å². The summed E-state index contributed by atoms with van der Waals surface area (Å²) >= 11 is 0.878. The molecule has 3 saturated heterocycles. The van der Waals surface area contributed by atoms with Crippen LogP contribution in [0.25, 0.3) is 10.8 Å². The Balaban J connectivity index is 1.57. The van der Waals surface area contributed by atoms with Gasteiger partial charge in [-0.25, -0.2) is 4.90 Å². The van der Waals surface area contributed by atoms with Crippen LogP contribution in [0.1, 0.15) is 25.3 Å². The summed E-state index contributed by atoms with van der Waals surface area (Å²) in [5.74, 6) is -2.28. The molecule has 31 heavy (non-hydrogen) atoms. The number of aliphatic hydroxyl groups is 1. The van der Waals surface area contributed by atoms with Crippen LogP contribution in [-0.4, -0.2) is 49.3 Å². The van der Waals surface area contributed by atoms with Crippen molar-refractivity contribution in [2.45, 2.75) is 37.1 Å². The molecule has 3 heterocycles. The van der Waals surface area contributed by atoms with E-state index in [1.807, 2.05) is 6.07 Å². The Morgan fingerprint density at radius 1 is 1.32 bits per heavy atom. The van der Waals surface area contributed by atoms with E-state index in [1.165, 1.54) is 4.90 Å². The van der Waals surface area contributed by atoms with Crippen LogP contribution in [0.5, 0.6) is 0 Å². The molecule has 2 aromatic carbocycles. The first-order valence-electron chi connectivity index (χ1n) is 10.6. The normalized spacial score (nSPS) is 34.2. The van der Waals surface area contributed by atoms with Crippen LogP contribution in [-0.2, 0) is 18.5 Å². The number of carbonyl (C=O) groups is 2. The molecule has 2 amide bonds. The number of rotatable bonds is 6. The van der Waals surface area contributed by atoms with E-state index < -0.39 is 35.0 Å². The summed E-state index contributed by atoms with van der Waals surface area (Å²) in [6, 6.07) is 12.6. The van der Waals surface area contributed by atoms with E-state index >= 15 is 0 Å². The largest absolute Gasteiger partial charge is 0.390 e. The second-order valence-corrected chi connectivity index (χ2v) is 8.92. The zero-order chi connectivity index (χ0) is 22.7. The number of hydrogen-bond acceptors (Lipinski definition) is 7. The van der Waals surface area contributed by atoms with Gasteiger partial charge >= 0.3 is 0 Å². The predicted octanol–water partition coefficient (Wildman–Crippen LogP) is 1.98. The molecule has 3 fully saturated rings. The zero-order valence-electron chi connectivity index (χ0n) is 17.8. The molecule has 5 rings (SSSR count). The Kier molecular flexibility index (Phi) is 4.41. The molecule has 3 aliphatic rings. The summed E-state index contributed by atoms with van der Waals surface area (Å²) in [6.45, 7) is 1.91. The quantitative estimate of drug-likeness (QED) is 0.319. The minimum atomic E-state index is -1.16. The van der Waals surface area contributed by atoms with Gasteiger partial charge in [-0.1, -0.05) is 36.2 Å². The topological polar surface area (TPSA) is 99.9 Å². The van der Waals surface area contributed by atoms with Gasteiger partial charge in [0.05, 0.1) is 47.5 Å². The average molecular weight is 437 g/mol. The molecule has 2 aromatic rings. The number of amides is 2. The van der Waals surface area contributed by atoms with Gasteiger partial charge in [0.15, 0.2) is 0 Å². The number of hydrogen-bond donors (Lipinski definition) is 1. The predicted molar refractivity (Wildman–Crippen MR) is 116 cm³/mol. The van der Waals surface area contributed by atoms with Crippen molar-refractivity contribution in [3.63, 3.8) is 0 Å². The minimum Gasteiger partial charge on any atom is -0.390 e. The number of nitrogens with zero attached hydrogens (tertiary/aromatic N) is 2. The van der Waals surface area contributed by atoms with Crippen molar-refractivity contribution in [3.05, 3.63) is 42.0 Å². The number of imide groups is 1. The molecule has 9 heteroatoms. The highest BCUT2D eigenvalue weighted by molar-refractivity contribution is 8.15. The number of carbonyl (C=O) groups excluding carboxylic acids is 2. The molecule has 7 nitrogen and oxygen atoms in total. The maximum Gasteiger partial charge on any atom is 0.240 e. The summed E-state index contributed by atoms with van der Waals surface area (Å²) < 4.78 is 18.6. The summed E-state index contributed by atoms with van der Waals surface area (Å²) in [6.07, 6.45) is -0.319. The van der Waals surface area contributed by atoms with Gasteiger partial charge in [-0.3, -0.25) is 9.59 Å². The third kappa shape index (κ3) is 2.66. The number of ether oxygens (including phenoxy) is 1. The molecule has 157 valence electrons. The number of anilines is 1. The van der Waals surface area contributed by atoms with Gasteiger partial charge in [0.25, 0.3) is 0 Å². The molecule has 0 aliphatic carbocycles. The van der Waals surface area contributed by atoms with Crippen LogP contribution >= 0.6 is 11.9 Å². The molecule has 2 unspecified atom stereocenters. The van der Waals surface area contributed by atoms with Crippen molar-refractivity contribution >= 4 is 47.3 Å². The maximum absolute atomic E-state index is 13.7. The first-order chi connectivity index (χ1) is 15.4. The van der Waals surface area contributed by atoms with E-state index in [0.29, 0.717) is 28.4 Å². The minimum absolute atomic E-state index is 0.216. The van der Waals surface area contributed by atoms with Gasteiger partial charge < -0.3 is 14.0 Å². The number of aliphatic hydroxyl groups excluding tert-OH is 1. The third-order valence-corrected chi connectivity index (χ3v) is 7.36. The summed E-state index contributed by atoms with van der Waals surface area (Å²) in [5, 5.41) is 21.5. The van der Waals surface area contributed by atoms with Crippen molar-refractivity contribution in [2.75, 3.05) is 11.5 Å². The summed E-state index contributed by atoms with van der Waals surface area (Å²) in [7, 11) is 1.06. The number of benzene rings is 2. The van der Waals surface area contributed by atoms with E-state index in [1.54, 1.807) is 37.3 Å². The van der Waals surface area contributed by atoms with Crippen molar-refractivity contribution in [2.24, 2.45) is 11.8 Å². The maximum atomic E-state index is 13.7. The molecule has 0 spiro atoms. The third-order valence-electron chi connectivity index (χ3n) is 7.05. The number of fused-ring (bicyclic) bond motifs is 6. The monoisotopic (exact) mass is 437 g/mol. The van der Waals surface area contributed by atoms with Gasteiger partial charge in [0.1, 0.15) is 5.60 Å². The Morgan fingerprint density at radius 2 is 2.06 bits per heavy atom. The first-order valence-corrected chi connectivity index (χ1v) is 10.8. The highest BCUT2D eigenvalue weighted by Gasteiger charge is 2.76. The zero-order valence-corrected chi connectivity index (χ0v) is 17.6. The fourth-order valence-electron chi connectivity index (χ4n) is 5.70. The Bertz CT molecular complexity index is 1170. The van der Waals surface area contributed by atoms with E-state index in [2.05, 4.69) is 6.07 Å². The number of nitriles is 1. The van der Waals surface area contributed by atoms with Crippen LogP contribution in [0.2, 0.25) is 0 Å². The standard InChI is InChI=1S/C22H20BN2O5S/c1-21-16(26)10-22(30-21,8-9-29-31-23)18-17(21)19(27)25(20(18)28)15-7-6-12(11-24)13-4-2-3-5-14(13)15/h2-7,16-18,23,26H,8-10H2,1H3/t16-,17-,18+,21?,22?/m0/s1/i23T. The lowest BCUT2D eigenvalue weighted by molar-refractivity contribution is -0.133. The molecule has 0 saturated carbocycles. The van der Waals surface area contributed by atoms with E-state index in [-0.39, 0.29) is 18.9 Å². The SMILES string of the molecule is [3H][B]SOCCC12C[C@H](O)C(C)(O1)[C@@H]1C(=O)N(c3ccc(C#N)c4ccccc34)C(=O)[C@@H]12. The molecular weight excluding hydrogens is 415 g/mol. The van der Waals surface area contributed by atoms with E-state index in [4.69, 9.17) is 10.3 Å². The smallest absolute Gasteiger partial charge is 0.240 e. The van der Waals surface area contributed by atoms with Crippen LogP contribution in [0.15, 0.2) is 36.4 Å². The molecule has 2 bridgehead atoms. The van der Waals surface area contributed by atoms with Gasteiger partial charge in [-0.2, -0.15) is 5.26 Å². The van der Waals surface area contributed by atoms with Gasteiger partial charge in [-0.15, -0.1) is 0 Å². The molecule has 1 radical (unpaired) electrons. The first kappa shape index (κ1) is 19.3. The fourth-order valence-corrected chi connectivity index (χ4v) is 5.88. The highest BCUT2D eigenvalue weighted by Crippen LogP contribution is 2.62. The lowest BCUT2D eigenvalue weighted by atomic mass is 9.66. The van der Waals surface area contributed by atoms with Crippen LogP contribution in [0.4, 0.5) is 5.69 Å². The fraction of sp³-hybridized carbons (Fsp3) is 0.409. The lowest BCUT2D eigenvalue weighted by Crippen LogP contribution is -2.49. The molecule has 1 N–H and O–H groups in total. The second kappa shape index (κ2) is 7.07. The van der Waals surface area contributed by atoms with Crippen molar-refractivity contribution in [1.82, 2.24) is 0 Å². The molecular formula is C22H20BN2O5S. The second-order valence-electron chi connectivity index (χ2n) is 8.50. The van der Waals surface area contributed by atoms with Crippen LogP contribution < -0.4 is 4.90 Å². The van der Waals surface area contributed by atoms with E-state index in [0.717, 1.165) is 19.0 Å². The van der Waals surface area contributed by atoms with Crippen LogP contribution in [0.3, 0.4) is 0 Å². The van der Waals surface area contributed by atoms with Gasteiger partial charge in [0.2, 0.25) is 18.9 Å². The van der Waals surface area contributed by atoms with Gasteiger partial charge in [0, 0.05) is 23.6 Å². The average Bonchev–Trinajstić information content (AvgIpc) is 3.32. The van der Waals surface area contributed by atoms with Crippen molar-refractivity contribution in [1.29, 1.82) is 6.60 Å². The van der Waals surface area contributed by atoms with Gasteiger partial charge in [-0.05, 0) is 20.4 Å². The Hall–Kier alpha value is -2.38.